The number of aryl methyl sites for hydroxylation is 1. The van der Waals surface area contributed by atoms with Crippen molar-refractivity contribution < 1.29 is 13.2 Å². The molecule has 0 fully saturated rings. The van der Waals surface area contributed by atoms with Crippen molar-refractivity contribution in [1.29, 1.82) is 0 Å². The summed E-state index contributed by atoms with van der Waals surface area (Å²) in [5, 5.41) is 2.57. The van der Waals surface area contributed by atoms with Crippen LogP contribution in [-0.4, -0.2) is 26.9 Å². The van der Waals surface area contributed by atoms with Gasteiger partial charge in [0, 0.05) is 11.0 Å². The third-order valence-corrected chi connectivity index (χ3v) is 4.97. The molecule has 0 spiro atoms. The van der Waals surface area contributed by atoms with Crippen molar-refractivity contribution in [1.82, 2.24) is 10.0 Å². The van der Waals surface area contributed by atoms with E-state index in [9.17, 15) is 13.2 Å². The van der Waals surface area contributed by atoms with Crippen LogP contribution >= 0.6 is 15.9 Å². The molecule has 1 rings (SSSR count). The molecule has 1 aromatic rings. The van der Waals surface area contributed by atoms with Crippen LogP contribution in [0.25, 0.3) is 0 Å². The van der Waals surface area contributed by atoms with Gasteiger partial charge in [0.15, 0.2) is 0 Å². The van der Waals surface area contributed by atoms with Crippen LogP contribution in [0.2, 0.25) is 0 Å². The minimum absolute atomic E-state index is 0.120. The molecule has 0 saturated carbocycles. The molecular formula is C12H17BrN2O3S. The van der Waals surface area contributed by atoms with Crippen molar-refractivity contribution in [3.8, 4) is 0 Å². The molecule has 0 aliphatic rings. The fourth-order valence-corrected chi connectivity index (χ4v) is 3.90. The van der Waals surface area contributed by atoms with E-state index in [2.05, 4.69) is 26.0 Å². The second kappa shape index (κ2) is 6.49. The van der Waals surface area contributed by atoms with E-state index >= 15 is 0 Å². The lowest BCUT2D eigenvalue weighted by Gasteiger charge is -2.14. The van der Waals surface area contributed by atoms with Gasteiger partial charge in [-0.05, 0) is 54.4 Å². The molecule has 0 radical (unpaired) electrons. The summed E-state index contributed by atoms with van der Waals surface area (Å²) in [6.45, 7) is 5.60. The molecule has 0 aliphatic heterocycles. The van der Waals surface area contributed by atoms with Crippen LogP contribution in [-0.2, 0) is 14.8 Å². The first-order chi connectivity index (χ1) is 8.77. The summed E-state index contributed by atoms with van der Waals surface area (Å²) in [4.78, 5) is 11.7. The Hall–Kier alpha value is -0.920. The van der Waals surface area contributed by atoms with Gasteiger partial charge in [-0.25, -0.2) is 8.42 Å². The Labute approximate surface area is 122 Å². The molecule has 1 unspecified atom stereocenters. The fourth-order valence-electron chi connectivity index (χ4n) is 1.50. The van der Waals surface area contributed by atoms with Crippen LogP contribution in [0, 0.1) is 6.92 Å². The first-order valence-corrected chi connectivity index (χ1v) is 8.11. The lowest BCUT2D eigenvalue weighted by Crippen LogP contribution is -2.44. The minimum Gasteiger partial charge on any atom is -0.355 e. The topological polar surface area (TPSA) is 75.3 Å². The summed E-state index contributed by atoms with van der Waals surface area (Å²) >= 11 is 3.22. The minimum atomic E-state index is -3.73. The highest BCUT2D eigenvalue weighted by molar-refractivity contribution is 9.10. The molecule has 1 aromatic carbocycles. The van der Waals surface area contributed by atoms with Crippen LogP contribution in [0.3, 0.4) is 0 Å². The Morgan fingerprint density at radius 2 is 2.05 bits per heavy atom. The smallest absolute Gasteiger partial charge is 0.242 e. The van der Waals surface area contributed by atoms with Gasteiger partial charge in [-0.1, -0.05) is 6.07 Å². The predicted molar refractivity (Wildman–Crippen MR) is 77.3 cm³/mol. The summed E-state index contributed by atoms with van der Waals surface area (Å²) in [5.74, 6) is -0.352. The predicted octanol–water partition coefficient (Wildman–Crippen LogP) is 1.56. The highest BCUT2D eigenvalue weighted by Crippen LogP contribution is 2.23. The maximum absolute atomic E-state index is 12.2. The number of amides is 1. The normalized spacial score (nSPS) is 13.1. The van der Waals surface area contributed by atoms with E-state index in [-0.39, 0.29) is 10.8 Å². The number of rotatable bonds is 5. The van der Waals surface area contributed by atoms with E-state index in [4.69, 9.17) is 0 Å². The highest BCUT2D eigenvalue weighted by Gasteiger charge is 2.23. The summed E-state index contributed by atoms with van der Waals surface area (Å²) in [5.41, 5.74) is 0.947. The highest BCUT2D eigenvalue weighted by atomic mass is 79.9. The number of likely N-dealkylation sites (N-methyl/N-ethyl adjacent to an activating group) is 1. The van der Waals surface area contributed by atoms with Crippen molar-refractivity contribution in [3.63, 3.8) is 0 Å². The van der Waals surface area contributed by atoms with E-state index < -0.39 is 16.1 Å². The average Bonchev–Trinajstić information content (AvgIpc) is 2.27. The van der Waals surface area contributed by atoms with Crippen LogP contribution in [0.4, 0.5) is 0 Å². The molecule has 0 bridgehead atoms. The Morgan fingerprint density at radius 1 is 1.42 bits per heavy atom. The molecule has 0 aromatic heterocycles. The standard InChI is InChI=1S/C12H17BrN2O3S/c1-4-14-12(16)9(3)15-19(17,18)11-6-5-8(2)7-10(11)13/h5-7,9,15H,4H2,1-3H3,(H,14,16). The van der Waals surface area contributed by atoms with Crippen LogP contribution in [0.5, 0.6) is 0 Å². The zero-order valence-electron chi connectivity index (χ0n) is 11.0. The van der Waals surface area contributed by atoms with Gasteiger partial charge in [-0.3, -0.25) is 4.79 Å². The second-order valence-electron chi connectivity index (χ2n) is 4.17. The maximum atomic E-state index is 12.2. The molecule has 0 aliphatic carbocycles. The van der Waals surface area contributed by atoms with Crippen LogP contribution in [0.1, 0.15) is 19.4 Å². The maximum Gasteiger partial charge on any atom is 0.242 e. The molecule has 5 nitrogen and oxygen atoms in total. The molecule has 2 N–H and O–H groups in total. The van der Waals surface area contributed by atoms with Gasteiger partial charge in [0.1, 0.15) is 0 Å². The first kappa shape index (κ1) is 16.1. The number of sulfonamides is 1. The largest absolute Gasteiger partial charge is 0.355 e. The molecule has 1 amide bonds. The van der Waals surface area contributed by atoms with Gasteiger partial charge in [0.25, 0.3) is 0 Å². The molecular weight excluding hydrogens is 332 g/mol. The Morgan fingerprint density at radius 3 is 2.58 bits per heavy atom. The number of carbonyl (C=O) groups is 1. The molecule has 0 heterocycles. The Bertz CT molecular complexity index is 572. The molecule has 7 heteroatoms. The van der Waals surface area contributed by atoms with E-state index in [1.54, 1.807) is 19.1 Å². The van der Waals surface area contributed by atoms with Gasteiger partial charge < -0.3 is 5.32 Å². The fraction of sp³-hybridized carbons (Fsp3) is 0.417. The van der Waals surface area contributed by atoms with Crippen molar-refractivity contribution >= 4 is 31.9 Å². The number of hydrogen-bond acceptors (Lipinski definition) is 3. The number of nitrogens with one attached hydrogen (secondary N) is 2. The summed E-state index contributed by atoms with van der Waals surface area (Å²) < 4.78 is 27.1. The Kier molecular flexibility index (Phi) is 5.51. The average molecular weight is 349 g/mol. The summed E-state index contributed by atoms with van der Waals surface area (Å²) in [7, 11) is -3.73. The lowest BCUT2D eigenvalue weighted by molar-refractivity contribution is -0.122. The van der Waals surface area contributed by atoms with Gasteiger partial charge >= 0.3 is 0 Å². The monoisotopic (exact) mass is 348 g/mol. The molecule has 19 heavy (non-hydrogen) atoms. The zero-order valence-corrected chi connectivity index (χ0v) is 13.4. The first-order valence-electron chi connectivity index (χ1n) is 5.84. The third kappa shape index (κ3) is 4.29. The van der Waals surface area contributed by atoms with Crippen molar-refractivity contribution in [2.75, 3.05) is 6.54 Å². The number of halogens is 1. The second-order valence-corrected chi connectivity index (χ2v) is 6.71. The zero-order chi connectivity index (χ0) is 14.6. The number of carbonyl (C=O) groups excluding carboxylic acids is 1. The van der Waals surface area contributed by atoms with Gasteiger partial charge in [-0.15, -0.1) is 0 Å². The lowest BCUT2D eigenvalue weighted by atomic mass is 10.2. The van der Waals surface area contributed by atoms with Crippen LogP contribution in [0.15, 0.2) is 27.6 Å². The van der Waals surface area contributed by atoms with Crippen molar-refractivity contribution in [3.05, 3.63) is 28.2 Å². The van der Waals surface area contributed by atoms with Gasteiger partial charge in [-0.2, -0.15) is 4.72 Å². The quantitative estimate of drug-likeness (QED) is 0.847. The van der Waals surface area contributed by atoms with Crippen molar-refractivity contribution in [2.24, 2.45) is 0 Å². The Balaban J connectivity index is 2.95. The van der Waals surface area contributed by atoms with Gasteiger partial charge in [0.05, 0.1) is 10.9 Å². The van der Waals surface area contributed by atoms with Gasteiger partial charge in [0.2, 0.25) is 15.9 Å². The van der Waals surface area contributed by atoms with E-state index in [1.807, 2.05) is 6.92 Å². The number of hydrogen-bond donors (Lipinski definition) is 2. The molecule has 0 saturated heterocycles. The van der Waals surface area contributed by atoms with E-state index in [0.717, 1.165) is 5.56 Å². The number of benzene rings is 1. The van der Waals surface area contributed by atoms with Crippen LogP contribution < -0.4 is 10.0 Å². The summed E-state index contributed by atoms with van der Waals surface area (Å²) in [6, 6.07) is 4.10. The molecule has 1 atom stereocenters. The molecule has 106 valence electrons. The summed E-state index contributed by atoms with van der Waals surface area (Å²) in [6.07, 6.45) is 0. The van der Waals surface area contributed by atoms with Crippen molar-refractivity contribution in [2.45, 2.75) is 31.7 Å². The SMILES string of the molecule is CCNC(=O)C(C)NS(=O)(=O)c1ccc(C)cc1Br. The van der Waals surface area contributed by atoms with E-state index in [0.29, 0.717) is 11.0 Å². The third-order valence-electron chi connectivity index (χ3n) is 2.45. The van der Waals surface area contributed by atoms with E-state index in [1.165, 1.54) is 13.0 Å².